The molecule has 0 atom stereocenters. The Labute approximate surface area is 117 Å². The SMILES string of the molecule is Cc1cc(Cl)ccc1C(=O)Cc1ncnn1C(C)C. The topological polar surface area (TPSA) is 47.8 Å². The molecule has 0 unspecified atom stereocenters. The van der Waals surface area contributed by atoms with Crippen molar-refractivity contribution in [2.75, 3.05) is 0 Å². The van der Waals surface area contributed by atoms with Gasteiger partial charge in [0.1, 0.15) is 12.2 Å². The minimum Gasteiger partial charge on any atom is -0.294 e. The fraction of sp³-hybridized carbons (Fsp3) is 0.357. The van der Waals surface area contributed by atoms with E-state index in [0.717, 1.165) is 5.56 Å². The van der Waals surface area contributed by atoms with Crippen molar-refractivity contribution in [3.05, 3.63) is 46.5 Å². The smallest absolute Gasteiger partial charge is 0.170 e. The first kappa shape index (κ1) is 13.7. The Kier molecular flexibility index (Phi) is 4.00. The van der Waals surface area contributed by atoms with Crippen LogP contribution in [0.2, 0.25) is 5.02 Å². The van der Waals surface area contributed by atoms with Crippen LogP contribution < -0.4 is 0 Å². The third-order valence-electron chi connectivity index (χ3n) is 2.94. The van der Waals surface area contributed by atoms with Crippen molar-refractivity contribution in [3.8, 4) is 0 Å². The molecule has 5 heteroatoms. The summed E-state index contributed by atoms with van der Waals surface area (Å²) in [4.78, 5) is 16.4. The average molecular weight is 278 g/mol. The second-order valence-electron chi connectivity index (χ2n) is 4.77. The number of carbonyl (C=O) groups is 1. The number of carbonyl (C=O) groups excluding carboxylic acids is 1. The van der Waals surface area contributed by atoms with Gasteiger partial charge in [0.05, 0.1) is 6.42 Å². The largest absolute Gasteiger partial charge is 0.294 e. The first-order valence-electron chi connectivity index (χ1n) is 6.16. The van der Waals surface area contributed by atoms with E-state index >= 15 is 0 Å². The summed E-state index contributed by atoms with van der Waals surface area (Å²) in [6.45, 7) is 5.90. The molecule has 0 N–H and O–H groups in total. The van der Waals surface area contributed by atoms with E-state index < -0.39 is 0 Å². The molecule has 0 radical (unpaired) electrons. The molecule has 1 aromatic heterocycles. The fourth-order valence-electron chi connectivity index (χ4n) is 2.01. The van der Waals surface area contributed by atoms with Crippen LogP contribution in [-0.2, 0) is 6.42 Å². The third-order valence-corrected chi connectivity index (χ3v) is 3.18. The molecule has 19 heavy (non-hydrogen) atoms. The van der Waals surface area contributed by atoms with Crippen molar-refractivity contribution in [2.45, 2.75) is 33.2 Å². The molecule has 0 amide bonds. The van der Waals surface area contributed by atoms with Crippen LogP contribution in [0.25, 0.3) is 0 Å². The molecule has 0 bridgehead atoms. The second kappa shape index (κ2) is 5.53. The maximum absolute atomic E-state index is 12.3. The summed E-state index contributed by atoms with van der Waals surface area (Å²) in [5.74, 6) is 0.721. The minimum absolute atomic E-state index is 0.0315. The van der Waals surface area contributed by atoms with Crippen molar-refractivity contribution in [1.82, 2.24) is 14.8 Å². The maximum Gasteiger partial charge on any atom is 0.170 e. The molecule has 1 aromatic carbocycles. The van der Waals surface area contributed by atoms with Crippen molar-refractivity contribution in [1.29, 1.82) is 0 Å². The quantitative estimate of drug-likeness (QED) is 0.806. The molecule has 2 rings (SSSR count). The first-order valence-corrected chi connectivity index (χ1v) is 6.54. The van der Waals surface area contributed by atoms with Gasteiger partial charge in [-0.05, 0) is 44.5 Å². The van der Waals surface area contributed by atoms with Gasteiger partial charge in [-0.2, -0.15) is 5.10 Å². The fourth-order valence-corrected chi connectivity index (χ4v) is 2.24. The van der Waals surface area contributed by atoms with Gasteiger partial charge in [0.15, 0.2) is 5.78 Å². The zero-order valence-electron chi connectivity index (χ0n) is 11.2. The van der Waals surface area contributed by atoms with Crippen molar-refractivity contribution in [3.63, 3.8) is 0 Å². The van der Waals surface area contributed by atoms with Crippen molar-refractivity contribution < 1.29 is 4.79 Å². The lowest BCUT2D eigenvalue weighted by Gasteiger charge is -2.09. The summed E-state index contributed by atoms with van der Waals surface area (Å²) in [6, 6.07) is 5.48. The van der Waals surface area contributed by atoms with Crippen LogP contribution in [0.3, 0.4) is 0 Å². The molecule has 1 heterocycles. The Morgan fingerprint density at radius 1 is 1.42 bits per heavy atom. The Morgan fingerprint density at radius 2 is 2.16 bits per heavy atom. The van der Waals surface area contributed by atoms with Gasteiger partial charge in [-0.15, -0.1) is 0 Å². The summed E-state index contributed by atoms with van der Waals surface area (Å²) in [7, 11) is 0. The van der Waals surface area contributed by atoms with Crippen molar-refractivity contribution in [2.24, 2.45) is 0 Å². The number of rotatable bonds is 4. The van der Waals surface area contributed by atoms with Crippen LogP contribution in [0.4, 0.5) is 0 Å². The van der Waals surface area contributed by atoms with Gasteiger partial charge in [-0.1, -0.05) is 11.6 Å². The van der Waals surface area contributed by atoms with Crippen LogP contribution in [0, 0.1) is 6.92 Å². The zero-order chi connectivity index (χ0) is 14.0. The molecule has 0 aliphatic rings. The van der Waals surface area contributed by atoms with E-state index in [-0.39, 0.29) is 18.2 Å². The van der Waals surface area contributed by atoms with E-state index in [1.54, 1.807) is 22.9 Å². The summed E-state index contributed by atoms with van der Waals surface area (Å²) in [6.07, 6.45) is 1.73. The monoisotopic (exact) mass is 277 g/mol. The van der Waals surface area contributed by atoms with E-state index in [2.05, 4.69) is 10.1 Å². The molecule has 100 valence electrons. The van der Waals surface area contributed by atoms with Gasteiger partial charge < -0.3 is 0 Å². The number of aromatic nitrogens is 3. The Bertz CT molecular complexity index is 604. The Morgan fingerprint density at radius 3 is 2.79 bits per heavy atom. The molecule has 0 spiro atoms. The molecule has 0 aliphatic carbocycles. The van der Waals surface area contributed by atoms with Gasteiger partial charge in [-0.25, -0.2) is 9.67 Å². The van der Waals surface area contributed by atoms with Crippen LogP contribution in [0.1, 0.15) is 41.6 Å². The molecule has 0 saturated carbocycles. The van der Waals surface area contributed by atoms with E-state index in [1.807, 2.05) is 20.8 Å². The highest BCUT2D eigenvalue weighted by molar-refractivity contribution is 6.30. The van der Waals surface area contributed by atoms with Crippen LogP contribution >= 0.6 is 11.6 Å². The van der Waals surface area contributed by atoms with Gasteiger partial charge >= 0.3 is 0 Å². The standard InChI is InChI=1S/C14H16ClN3O/c1-9(2)18-14(16-8-17-18)7-13(19)12-5-4-11(15)6-10(12)3/h4-6,8-9H,7H2,1-3H3. The Balaban J connectivity index is 2.23. The van der Waals surface area contributed by atoms with E-state index in [4.69, 9.17) is 11.6 Å². The molecule has 2 aromatic rings. The summed E-state index contributed by atoms with van der Waals surface area (Å²) in [5, 5.41) is 4.77. The average Bonchev–Trinajstić information content (AvgIpc) is 2.76. The summed E-state index contributed by atoms with van der Waals surface area (Å²) in [5.41, 5.74) is 1.57. The van der Waals surface area contributed by atoms with E-state index in [9.17, 15) is 4.79 Å². The predicted molar refractivity (Wildman–Crippen MR) is 74.6 cm³/mol. The number of benzene rings is 1. The lowest BCUT2D eigenvalue weighted by atomic mass is 10.0. The molecule has 0 saturated heterocycles. The number of nitrogens with zero attached hydrogens (tertiary/aromatic N) is 3. The first-order chi connectivity index (χ1) is 8.99. The number of Topliss-reactive ketones (excluding diaryl/α,β-unsaturated/α-hetero) is 1. The highest BCUT2D eigenvalue weighted by Gasteiger charge is 2.15. The third kappa shape index (κ3) is 3.01. The van der Waals surface area contributed by atoms with Gasteiger partial charge in [0.2, 0.25) is 0 Å². The van der Waals surface area contributed by atoms with Crippen molar-refractivity contribution >= 4 is 17.4 Å². The molecule has 0 aliphatic heterocycles. The highest BCUT2D eigenvalue weighted by atomic mass is 35.5. The minimum atomic E-state index is 0.0315. The summed E-state index contributed by atoms with van der Waals surface area (Å²) >= 11 is 5.89. The molecular formula is C14H16ClN3O. The van der Waals surface area contributed by atoms with E-state index in [0.29, 0.717) is 16.4 Å². The predicted octanol–water partition coefficient (Wildman–Crippen LogP) is 3.25. The molecule has 4 nitrogen and oxygen atoms in total. The second-order valence-corrected chi connectivity index (χ2v) is 5.21. The van der Waals surface area contributed by atoms with Crippen LogP contribution in [0.15, 0.2) is 24.5 Å². The van der Waals surface area contributed by atoms with Gasteiger partial charge in [0.25, 0.3) is 0 Å². The number of ketones is 1. The number of halogens is 1. The summed E-state index contributed by atoms with van der Waals surface area (Å²) < 4.78 is 1.77. The highest BCUT2D eigenvalue weighted by Crippen LogP contribution is 2.17. The van der Waals surface area contributed by atoms with E-state index in [1.165, 1.54) is 6.33 Å². The molecular weight excluding hydrogens is 262 g/mol. The lowest BCUT2D eigenvalue weighted by Crippen LogP contribution is -2.13. The zero-order valence-corrected chi connectivity index (χ0v) is 12.0. The van der Waals surface area contributed by atoms with Gasteiger partial charge in [-0.3, -0.25) is 4.79 Å². The Hall–Kier alpha value is -1.68. The number of aryl methyl sites for hydroxylation is 1. The number of hydrogen-bond donors (Lipinski definition) is 0. The normalized spacial score (nSPS) is 11.0. The maximum atomic E-state index is 12.3. The molecule has 0 fully saturated rings. The van der Waals surface area contributed by atoms with Gasteiger partial charge in [0, 0.05) is 16.6 Å². The van der Waals surface area contributed by atoms with Crippen LogP contribution in [-0.4, -0.2) is 20.5 Å². The van der Waals surface area contributed by atoms with Crippen LogP contribution in [0.5, 0.6) is 0 Å². The number of hydrogen-bond acceptors (Lipinski definition) is 3. The lowest BCUT2D eigenvalue weighted by molar-refractivity contribution is 0.0988.